The van der Waals surface area contributed by atoms with E-state index in [9.17, 15) is 13.2 Å². The average molecular weight is 471 g/mol. The predicted octanol–water partition coefficient (Wildman–Crippen LogP) is 3.70. The molecule has 1 aliphatic rings. The van der Waals surface area contributed by atoms with Crippen LogP contribution in [-0.2, 0) is 14.8 Å². The summed E-state index contributed by atoms with van der Waals surface area (Å²) in [5, 5.41) is 10.4. The Morgan fingerprint density at radius 2 is 1.97 bits per heavy atom. The summed E-state index contributed by atoms with van der Waals surface area (Å²) in [7, 11) is -3.59. The molecule has 1 saturated heterocycles. The highest BCUT2D eigenvalue weighted by Crippen LogP contribution is 2.31. The highest BCUT2D eigenvalue weighted by Gasteiger charge is 2.33. The molecule has 0 bridgehead atoms. The number of halogens is 1. The fourth-order valence-corrected chi connectivity index (χ4v) is 6.46. The third-order valence-corrected chi connectivity index (χ3v) is 8.49. The molecule has 0 aliphatic carbocycles. The van der Waals surface area contributed by atoms with Gasteiger partial charge in [0.1, 0.15) is 15.7 Å². The fraction of sp³-hybridized carbons (Fsp3) is 0.389. The third-order valence-electron chi connectivity index (χ3n) is 4.89. The van der Waals surface area contributed by atoms with Crippen LogP contribution in [-0.4, -0.2) is 41.9 Å². The van der Waals surface area contributed by atoms with Crippen LogP contribution in [0.25, 0.3) is 11.5 Å². The van der Waals surface area contributed by atoms with Gasteiger partial charge in [-0.2, -0.15) is 4.31 Å². The number of amides is 1. The van der Waals surface area contributed by atoms with E-state index in [0.717, 1.165) is 17.1 Å². The van der Waals surface area contributed by atoms with Crippen LogP contribution >= 0.6 is 22.9 Å². The standard InChI is InChI=1S/C18H19ClN4O5S2/c1-10-9-13(11(2)27-10)17-21-22-18(28-17)20-16(24)12-5-7-23(8-6-12)30(25,26)15-4-3-14(19)29-15/h3-4,9,12H,5-8H2,1-2H3,(H,20,22,24). The van der Waals surface area contributed by atoms with Crippen molar-refractivity contribution in [2.45, 2.75) is 30.9 Å². The Balaban J connectivity index is 1.37. The van der Waals surface area contributed by atoms with E-state index >= 15 is 0 Å². The summed E-state index contributed by atoms with van der Waals surface area (Å²) >= 11 is 6.88. The van der Waals surface area contributed by atoms with Crippen molar-refractivity contribution in [3.05, 3.63) is 34.1 Å². The normalized spacial score (nSPS) is 16.1. The number of furan rings is 1. The number of carbonyl (C=O) groups excluding carboxylic acids is 1. The van der Waals surface area contributed by atoms with E-state index in [1.807, 2.05) is 6.92 Å². The number of nitrogens with zero attached hydrogens (tertiary/aromatic N) is 3. The molecule has 3 aromatic rings. The molecule has 30 heavy (non-hydrogen) atoms. The molecule has 0 radical (unpaired) electrons. The molecule has 0 unspecified atom stereocenters. The van der Waals surface area contributed by atoms with Crippen molar-refractivity contribution >= 4 is 44.9 Å². The number of thiophene rings is 1. The Labute approximate surface area is 182 Å². The second-order valence-electron chi connectivity index (χ2n) is 6.97. The zero-order valence-corrected chi connectivity index (χ0v) is 18.6. The maximum Gasteiger partial charge on any atom is 0.322 e. The second kappa shape index (κ2) is 8.14. The van der Waals surface area contributed by atoms with Crippen molar-refractivity contribution in [1.82, 2.24) is 14.5 Å². The summed E-state index contributed by atoms with van der Waals surface area (Å²) in [5.41, 5.74) is 0.674. The smallest absolute Gasteiger partial charge is 0.322 e. The van der Waals surface area contributed by atoms with Crippen molar-refractivity contribution < 1.29 is 22.0 Å². The van der Waals surface area contributed by atoms with Gasteiger partial charge in [0.25, 0.3) is 15.9 Å². The van der Waals surface area contributed by atoms with Crippen LogP contribution in [0.5, 0.6) is 0 Å². The van der Waals surface area contributed by atoms with Crippen molar-refractivity contribution in [2.75, 3.05) is 18.4 Å². The molecule has 4 rings (SSSR count). The van der Waals surface area contributed by atoms with Gasteiger partial charge in [-0.25, -0.2) is 8.42 Å². The summed E-state index contributed by atoms with van der Waals surface area (Å²) in [5.74, 6) is 1.00. The zero-order chi connectivity index (χ0) is 21.5. The number of hydrogen-bond donors (Lipinski definition) is 1. The van der Waals surface area contributed by atoms with Crippen molar-refractivity contribution in [2.24, 2.45) is 5.92 Å². The third kappa shape index (κ3) is 4.15. The van der Waals surface area contributed by atoms with E-state index in [2.05, 4.69) is 15.5 Å². The Hall–Kier alpha value is -2.21. The molecule has 1 aliphatic heterocycles. The number of aryl methyl sites for hydroxylation is 2. The number of anilines is 1. The largest absolute Gasteiger partial charge is 0.466 e. The Bertz CT molecular complexity index is 1180. The molecule has 1 amide bonds. The monoisotopic (exact) mass is 470 g/mol. The van der Waals surface area contributed by atoms with Gasteiger partial charge in [-0.1, -0.05) is 16.7 Å². The van der Waals surface area contributed by atoms with Crippen LogP contribution in [0.15, 0.2) is 31.2 Å². The van der Waals surface area contributed by atoms with Crippen LogP contribution < -0.4 is 5.32 Å². The lowest BCUT2D eigenvalue weighted by atomic mass is 9.97. The van der Waals surface area contributed by atoms with Crippen LogP contribution in [0.2, 0.25) is 4.34 Å². The molecule has 9 nitrogen and oxygen atoms in total. The van der Waals surface area contributed by atoms with E-state index in [1.54, 1.807) is 19.1 Å². The lowest BCUT2D eigenvalue weighted by Gasteiger charge is -2.29. The predicted molar refractivity (Wildman–Crippen MR) is 111 cm³/mol. The maximum absolute atomic E-state index is 12.7. The second-order valence-corrected chi connectivity index (χ2v) is 10.8. The highest BCUT2D eigenvalue weighted by molar-refractivity contribution is 7.91. The maximum atomic E-state index is 12.7. The Kier molecular flexibility index (Phi) is 5.71. The first-order chi connectivity index (χ1) is 14.2. The zero-order valence-electron chi connectivity index (χ0n) is 16.2. The Morgan fingerprint density at radius 1 is 1.23 bits per heavy atom. The van der Waals surface area contributed by atoms with E-state index < -0.39 is 10.0 Å². The summed E-state index contributed by atoms with van der Waals surface area (Å²) in [6, 6.07) is 4.84. The summed E-state index contributed by atoms with van der Waals surface area (Å²) in [6.07, 6.45) is 0.788. The van der Waals surface area contributed by atoms with Gasteiger partial charge < -0.3 is 8.83 Å². The summed E-state index contributed by atoms with van der Waals surface area (Å²) < 4.78 is 38.3. The first-order valence-electron chi connectivity index (χ1n) is 9.21. The number of piperidine rings is 1. The Morgan fingerprint density at radius 3 is 2.57 bits per heavy atom. The lowest BCUT2D eigenvalue weighted by Crippen LogP contribution is -2.41. The number of sulfonamides is 1. The van der Waals surface area contributed by atoms with Gasteiger partial charge in [-0.3, -0.25) is 10.1 Å². The SMILES string of the molecule is Cc1cc(-c2nnc(NC(=O)C3CCN(S(=O)(=O)c4ccc(Cl)s4)CC3)o2)c(C)o1. The molecule has 3 aromatic heterocycles. The molecule has 0 aromatic carbocycles. The van der Waals surface area contributed by atoms with Gasteiger partial charge in [0.2, 0.25) is 5.91 Å². The van der Waals surface area contributed by atoms with E-state index in [4.69, 9.17) is 20.4 Å². The van der Waals surface area contributed by atoms with Gasteiger partial charge in [0.05, 0.1) is 9.90 Å². The molecule has 12 heteroatoms. The molecule has 0 spiro atoms. The first kappa shape index (κ1) is 21.0. The first-order valence-corrected chi connectivity index (χ1v) is 11.8. The molecule has 160 valence electrons. The number of hydrogen-bond acceptors (Lipinski definition) is 8. The molecular weight excluding hydrogens is 452 g/mol. The number of rotatable bonds is 5. The highest BCUT2D eigenvalue weighted by atomic mass is 35.5. The van der Waals surface area contributed by atoms with Crippen LogP contribution in [0.3, 0.4) is 0 Å². The van der Waals surface area contributed by atoms with Crippen LogP contribution in [0, 0.1) is 19.8 Å². The van der Waals surface area contributed by atoms with Gasteiger partial charge in [-0.05, 0) is 44.9 Å². The number of nitrogens with one attached hydrogen (secondary N) is 1. The van der Waals surface area contributed by atoms with Crippen LogP contribution in [0.4, 0.5) is 6.01 Å². The lowest BCUT2D eigenvalue weighted by molar-refractivity contribution is -0.121. The van der Waals surface area contributed by atoms with Crippen molar-refractivity contribution in [3.63, 3.8) is 0 Å². The molecule has 4 heterocycles. The average Bonchev–Trinajstić information content (AvgIpc) is 3.42. The topological polar surface area (TPSA) is 119 Å². The van der Waals surface area contributed by atoms with Crippen molar-refractivity contribution in [1.29, 1.82) is 0 Å². The minimum Gasteiger partial charge on any atom is -0.466 e. The number of carbonyl (C=O) groups is 1. The van der Waals surface area contributed by atoms with Gasteiger partial charge in [0, 0.05) is 19.0 Å². The van der Waals surface area contributed by atoms with Crippen molar-refractivity contribution in [3.8, 4) is 11.5 Å². The van der Waals surface area contributed by atoms with Gasteiger partial charge in [0.15, 0.2) is 0 Å². The van der Waals surface area contributed by atoms with Gasteiger partial charge >= 0.3 is 6.01 Å². The van der Waals surface area contributed by atoms with E-state index in [-0.39, 0.29) is 41.0 Å². The fourth-order valence-electron chi connectivity index (χ4n) is 3.36. The molecule has 1 fully saturated rings. The van der Waals surface area contributed by atoms with Gasteiger partial charge in [-0.15, -0.1) is 16.4 Å². The van der Waals surface area contributed by atoms with Crippen LogP contribution in [0.1, 0.15) is 24.4 Å². The molecule has 1 N–H and O–H groups in total. The van der Waals surface area contributed by atoms with E-state index in [0.29, 0.717) is 28.5 Å². The minimum atomic E-state index is -3.59. The number of aromatic nitrogens is 2. The minimum absolute atomic E-state index is 0.00321. The summed E-state index contributed by atoms with van der Waals surface area (Å²) in [6.45, 7) is 4.10. The quantitative estimate of drug-likeness (QED) is 0.603. The molecule has 0 saturated carbocycles. The summed E-state index contributed by atoms with van der Waals surface area (Å²) in [4.78, 5) is 12.6. The van der Waals surface area contributed by atoms with E-state index in [1.165, 1.54) is 10.4 Å². The molecular formula is C18H19ClN4O5S2. The molecule has 0 atom stereocenters.